The van der Waals surface area contributed by atoms with Crippen LogP contribution < -0.4 is 5.32 Å². The van der Waals surface area contributed by atoms with Crippen LogP contribution in [0.1, 0.15) is 55.1 Å². The second kappa shape index (κ2) is 8.31. The average Bonchev–Trinajstić information content (AvgIpc) is 3.30. The first kappa shape index (κ1) is 19.5. The number of aromatic nitrogens is 3. The maximum absolute atomic E-state index is 12.7. The number of hydrogen-bond acceptors (Lipinski definition) is 6. The van der Waals surface area contributed by atoms with Crippen molar-refractivity contribution in [1.82, 2.24) is 25.0 Å². The highest BCUT2D eigenvalue weighted by Gasteiger charge is 2.39. The highest BCUT2D eigenvalue weighted by Crippen LogP contribution is 2.37. The molecule has 1 fully saturated rings. The zero-order valence-electron chi connectivity index (χ0n) is 16.7. The number of nitrogens with one attached hydrogen (secondary N) is 1. The number of nitrogens with zero attached hydrogens (tertiary/aromatic N) is 4. The number of carbonyl (C=O) groups is 1. The van der Waals surface area contributed by atoms with E-state index >= 15 is 0 Å². The first-order valence-electron chi connectivity index (χ1n) is 10.1. The molecular formula is C20H29N5O2S. The Balaban J connectivity index is 1.46. The third-order valence-electron chi connectivity index (χ3n) is 6.06. The second-order valence-electron chi connectivity index (χ2n) is 8.21. The van der Waals surface area contributed by atoms with Gasteiger partial charge in [0.15, 0.2) is 5.82 Å². The minimum atomic E-state index is -0.139. The fourth-order valence-corrected chi connectivity index (χ4v) is 4.70. The molecule has 0 aromatic carbocycles. The van der Waals surface area contributed by atoms with Gasteiger partial charge in [0.05, 0.1) is 6.61 Å². The van der Waals surface area contributed by atoms with Crippen LogP contribution in [0.15, 0.2) is 16.8 Å². The van der Waals surface area contributed by atoms with Crippen molar-refractivity contribution in [1.29, 1.82) is 0 Å². The van der Waals surface area contributed by atoms with E-state index in [1.807, 2.05) is 11.5 Å². The molecule has 0 saturated carbocycles. The molecular weight excluding hydrogens is 374 g/mol. The molecule has 1 spiro atoms. The monoisotopic (exact) mass is 403 g/mol. The minimum Gasteiger partial charge on any atom is -0.373 e. The molecule has 1 atom stereocenters. The molecule has 1 unspecified atom stereocenters. The van der Waals surface area contributed by atoms with E-state index in [0.717, 1.165) is 57.9 Å². The van der Waals surface area contributed by atoms with Crippen molar-refractivity contribution in [2.24, 2.45) is 5.41 Å². The molecule has 0 radical (unpaired) electrons. The summed E-state index contributed by atoms with van der Waals surface area (Å²) in [4.78, 5) is 15.2. The lowest BCUT2D eigenvalue weighted by molar-refractivity contribution is -0.00568. The third-order valence-corrected chi connectivity index (χ3v) is 6.79. The summed E-state index contributed by atoms with van der Waals surface area (Å²) in [5, 5.41) is 15.8. The van der Waals surface area contributed by atoms with Crippen LogP contribution in [0, 0.1) is 5.41 Å². The predicted molar refractivity (Wildman–Crippen MR) is 108 cm³/mol. The lowest BCUT2D eigenvalue weighted by Gasteiger charge is -2.41. The summed E-state index contributed by atoms with van der Waals surface area (Å²) in [5.74, 6) is 1.04. The Labute approximate surface area is 170 Å². The van der Waals surface area contributed by atoms with Crippen LogP contribution >= 0.6 is 11.3 Å². The molecule has 28 heavy (non-hydrogen) atoms. The maximum Gasteiger partial charge on any atom is 0.289 e. The maximum atomic E-state index is 12.7. The van der Waals surface area contributed by atoms with Gasteiger partial charge in [0.2, 0.25) is 5.82 Å². The average molecular weight is 404 g/mol. The highest BCUT2D eigenvalue weighted by molar-refractivity contribution is 7.07. The molecule has 4 heterocycles. The first-order chi connectivity index (χ1) is 13.6. The van der Waals surface area contributed by atoms with Crippen molar-refractivity contribution in [2.45, 2.75) is 58.8 Å². The van der Waals surface area contributed by atoms with Gasteiger partial charge in [0.25, 0.3) is 5.91 Å². The van der Waals surface area contributed by atoms with Gasteiger partial charge in [-0.05, 0) is 61.7 Å². The smallest absolute Gasteiger partial charge is 0.289 e. The Kier molecular flexibility index (Phi) is 5.80. The van der Waals surface area contributed by atoms with Crippen LogP contribution in [0.4, 0.5) is 0 Å². The van der Waals surface area contributed by atoms with Gasteiger partial charge < -0.3 is 14.6 Å². The molecule has 1 N–H and O–H groups in total. The number of piperidine rings is 1. The lowest BCUT2D eigenvalue weighted by atomic mass is 9.78. The molecule has 0 bridgehead atoms. The standard InChI is InChI=1S/C20H29N5O2S/c1-3-15(2)21-19(26)18-23-22-17-11-27-14-20(13-25(17)18)5-7-24(8-6-20)10-16-4-9-28-12-16/h4,9,12,15H,3,5-8,10-11,13-14H2,1-2H3,(H,21,26). The van der Waals surface area contributed by atoms with Crippen molar-refractivity contribution in [3.8, 4) is 0 Å². The summed E-state index contributed by atoms with van der Waals surface area (Å²) in [6, 6.07) is 2.33. The quantitative estimate of drug-likeness (QED) is 0.831. The Bertz CT molecular complexity index is 796. The summed E-state index contributed by atoms with van der Waals surface area (Å²) in [6.07, 6.45) is 3.00. The van der Waals surface area contributed by atoms with Crippen molar-refractivity contribution in [3.63, 3.8) is 0 Å². The predicted octanol–water partition coefficient (Wildman–Crippen LogP) is 2.68. The summed E-state index contributed by atoms with van der Waals surface area (Å²) < 4.78 is 7.98. The molecule has 2 aromatic heterocycles. The van der Waals surface area contributed by atoms with Gasteiger partial charge in [-0.2, -0.15) is 11.3 Å². The minimum absolute atomic E-state index is 0.0458. The Morgan fingerprint density at radius 3 is 2.93 bits per heavy atom. The van der Waals surface area contributed by atoms with Gasteiger partial charge in [0, 0.05) is 24.5 Å². The van der Waals surface area contributed by atoms with Crippen LogP contribution in [0.5, 0.6) is 0 Å². The SMILES string of the molecule is CCC(C)NC(=O)c1nnc2n1CC1(CCN(Cc3ccsc3)CC1)COC2. The number of thiophene rings is 1. The molecule has 0 aliphatic carbocycles. The summed E-state index contributed by atoms with van der Waals surface area (Å²) in [6.45, 7) is 9.06. The molecule has 2 aliphatic rings. The summed E-state index contributed by atoms with van der Waals surface area (Å²) >= 11 is 1.75. The number of ether oxygens (including phenoxy) is 1. The van der Waals surface area contributed by atoms with E-state index < -0.39 is 0 Å². The van der Waals surface area contributed by atoms with Crippen molar-refractivity contribution >= 4 is 17.2 Å². The van der Waals surface area contributed by atoms with E-state index in [-0.39, 0.29) is 17.4 Å². The summed E-state index contributed by atoms with van der Waals surface area (Å²) in [7, 11) is 0. The first-order valence-corrected chi connectivity index (χ1v) is 11.1. The fourth-order valence-electron chi connectivity index (χ4n) is 4.04. The topological polar surface area (TPSA) is 72.3 Å². The fraction of sp³-hybridized carbons (Fsp3) is 0.650. The number of fused-ring (bicyclic) bond motifs is 1. The zero-order valence-corrected chi connectivity index (χ0v) is 17.5. The number of carbonyl (C=O) groups excluding carboxylic acids is 1. The van der Waals surface area contributed by atoms with E-state index in [0.29, 0.717) is 12.4 Å². The van der Waals surface area contributed by atoms with E-state index in [4.69, 9.17) is 4.74 Å². The number of amides is 1. The van der Waals surface area contributed by atoms with E-state index in [9.17, 15) is 4.79 Å². The highest BCUT2D eigenvalue weighted by atomic mass is 32.1. The number of rotatable bonds is 5. The Morgan fingerprint density at radius 1 is 1.39 bits per heavy atom. The molecule has 4 rings (SSSR count). The molecule has 2 aromatic rings. The van der Waals surface area contributed by atoms with E-state index in [1.54, 1.807) is 11.3 Å². The normalized spacial score (nSPS) is 20.5. The van der Waals surface area contributed by atoms with Crippen LogP contribution in [-0.4, -0.2) is 51.3 Å². The largest absolute Gasteiger partial charge is 0.373 e. The van der Waals surface area contributed by atoms with Crippen molar-refractivity contribution in [2.75, 3.05) is 19.7 Å². The van der Waals surface area contributed by atoms with E-state index in [1.165, 1.54) is 5.56 Å². The van der Waals surface area contributed by atoms with Crippen LogP contribution in [0.3, 0.4) is 0 Å². The third kappa shape index (κ3) is 4.14. The summed E-state index contributed by atoms with van der Waals surface area (Å²) in [5.41, 5.74) is 1.44. The molecule has 1 amide bonds. The van der Waals surface area contributed by atoms with Gasteiger partial charge in [0.1, 0.15) is 6.61 Å². The van der Waals surface area contributed by atoms with Crippen molar-refractivity contribution in [3.05, 3.63) is 34.0 Å². The number of likely N-dealkylation sites (tertiary alicyclic amines) is 1. The second-order valence-corrected chi connectivity index (χ2v) is 8.99. The van der Waals surface area contributed by atoms with Gasteiger partial charge in [-0.3, -0.25) is 9.69 Å². The van der Waals surface area contributed by atoms with Crippen molar-refractivity contribution < 1.29 is 9.53 Å². The van der Waals surface area contributed by atoms with Crippen LogP contribution in [0.25, 0.3) is 0 Å². The van der Waals surface area contributed by atoms with E-state index in [2.05, 4.69) is 44.2 Å². The van der Waals surface area contributed by atoms with Gasteiger partial charge in [-0.25, -0.2) is 0 Å². The molecule has 8 heteroatoms. The molecule has 2 aliphatic heterocycles. The Morgan fingerprint density at radius 2 is 2.21 bits per heavy atom. The van der Waals surface area contributed by atoms with Gasteiger partial charge in [-0.1, -0.05) is 6.92 Å². The van der Waals surface area contributed by atoms with Crippen LogP contribution in [-0.2, 0) is 24.4 Å². The zero-order chi connectivity index (χ0) is 19.6. The van der Waals surface area contributed by atoms with Gasteiger partial charge in [-0.15, -0.1) is 10.2 Å². The van der Waals surface area contributed by atoms with Gasteiger partial charge >= 0.3 is 0 Å². The molecule has 1 saturated heterocycles. The molecule has 152 valence electrons. The lowest BCUT2D eigenvalue weighted by Crippen LogP contribution is -2.44. The van der Waals surface area contributed by atoms with Crippen LogP contribution in [0.2, 0.25) is 0 Å². The molecule has 7 nitrogen and oxygen atoms in total. The Hall–Kier alpha value is -1.77. The number of hydrogen-bond donors (Lipinski definition) is 1.